The molecule has 2 unspecified atom stereocenters. The lowest BCUT2D eigenvalue weighted by atomic mass is 10.2. The third-order valence-corrected chi connectivity index (χ3v) is 4.52. The molecule has 20 heavy (non-hydrogen) atoms. The lowest BCUT2D eigenvalue weighted by Gasteiger charge is -2.35. The first-order valence-corrected chi connectivity index (χ1v) is 8.07. The van der Waals surface area contributed by atoms with Crippen LogP contribution in [0.25, 0.3) is 0 Å². The zero-order chi connectivity index (χ0) is 14.1. The molecule has 0 spiro atoms. The van der Waals surface area contributed by atoms with Gasteiger partial charge in [0.2, 0.25) is 5.91 Å². The van der Waals surface area contributed by atoms with Crippen molar-refractivity contribution in [3.8, 4) is 0 Å². The Hall–Kier alpha value is -1.08. The van der Waals surface area contributed by atoms with Gasteiger partial charge in [-0.2, -0.15) is 0 Å². The summed E-state index contributed by atoms with van der Waals surface area (Å²) in [4.78, 5) is 14.2. The minimum Gasteiger partial charge on any atom is -0.372 e. The molecule has 7 heteroatoms. The Balaban J connectivity index is 1.55. The minimum atomic E-state index is 0.114. The van der Waals surface area contributed by atoms with E-state index in [4.69, 9.17) is 4.74 Å². The highest BCUT2D eigenvalue weighted by atomic mass is 32.2. The zero-order valence-electron chi connectivity index (χ0n) is 11.9. The lowest BCUT2D eigenvalue weighted by molar-refractivity contribution is -0.140. The number of rotatable bonds is 4. The van der Waals surface area contributed by atoms with E-state index in [2.05, 4.69) is 14.8 Å². The summed E-state index contributed by atoms with van der Waals surface area (Å²) in [5.74, 6) is 0.576. The standard InChI is InChI=1S/C13H20N4O2S/c1-9-5-16(6-10(2)19-9)12(18)7-20-13-15-14-8-17(13)11-3-4-11/h8-11H,3-7H2,1-2H3. The second kappa shape index (κ2) is 5.73. The highest BCUT2D eigenvalue weighted by Gasteiger charge is 2.28. The van der Waals surface area contributed by atoms with Crippen LogP contribution >= 0.6 is 11.8 Å². The van der Waals surface area contributed by atoms with Gasteiger partial charge in [0.05, 0.1) is 18.0 Å². The fraction of sp³-hybridized carbons (Fsp3) is 0.769. The molecule has 2 heterocycles. The fourth-order valence-electron chi connectivity index (χ4n) is 2.54. The topological polar surface area (TPSA) is 60.2 Å². The molecule has 110 valence electrons. The van der Waals surface area contributed by atoms with E-state index in [-0.39, 0.29) is 18.1 Å². The largest absolute Gasteiger partial charge is 0.372 e. The molecule has 0 N–H and O–H groups in total. The molecule has 1 aliphatic carbocycles. The average molecular weight is 296 g/mol. The molecule has 3 rings (SSSR count). The van der Waals surface area contributed by atoms with E-state index in [1.165, 1.54) is 24.6 Å². The first-order valence-electron chi connectivity index (χ1n) is 7.09. The van der Waals surface area contributed by atoms with Crippen LogP contribution in [0.2, 0.25) is 0 Å². The monoisotopic (exact) mass is 296 g/mol. The Morgan fingerprint density at radius 1 is 1.40 bits per heavy atom. The van der Waals surface area contributed by atoms with Crippen molar-refractivity contribution in [2.75, 3.05) is 18.8 Å². The van der Waals surface area contributed by atoms with Crippen molar-refractivity contribution in [3.63, 3.8) is 0 Å². The van der Waals surface area contributed by atoms with Gasteiger partial charge in [0.15, 0.2) is 5.16 Å². The van der Waals surface area contributed by atoms with E-state index in [9.17, 15) is 4.79 Å². The maximum atomic E-state index is 12.3. The third kappa shape index (κ3) is 3.15. The van der Waals surface area contributed by atoms with Crippen LogP contribution in [0.1, 0.15) is 32.7 Å². The van der Waals surface area contributed by atoms with E-state index in [0.29, 0.717) is 24.9 Å². The summed E-state index contributed by atoms with van der Waals surface area (Å²) in [6, 6.07) is 0.547. The van der Waals surface area contributed by atoms with Crippen molar-refractivity contribution in [1.29, 1.82) is 0 Å². The smallest absolute Gasteiger partial charge is 0.233 e. The number of thioether (sulfide) groups is 1. The van der Waals surface area contributed by atoms with Gasteiger partial charge in [0, 0.05) is 19.1 Å². The number of carbonyl (C=O) groups is 1. The first kappa shape index (κ1) is 13.9. The molecule has 1 aromatic rings. The number of hydrogen-bond acceptors (Lipinski definition) is 5. The van der Waals surface area contributed by atoms with E-state index < -0.39 is 0 Å². The number of amides is 1. The van der Waals surface area contributed by atoms with Gasteiger partial charge in [-0.25, -0.2) is 0 Å². The number of ether oxygens (including phenoxy) is 1. The van der Waals surface area contributed by atoms with Crippen molar-refractivity contribution in [3.05, 3.63) is 6.33 Å². The number of morpholine rings is 1. The van der Waals surface area contributed by atoms with Crippen molar-refractivity contribution in [2.24, 2.45) is 0 Å². The van der Waals surface area contributed by atoms with Gasteiger partial charge in [0.1, 0.15) is 6.33 Å². The summed E-state index contributed by atoms with van der Waals surface area (Å²) in [5.41, 5.74) is 0. The zero-order valence-corrected chi connectivity index (χ0v) is 12.7. The van der Waals surface area contributed by atoms with Crippen LogP contribution in [-0.4, -0.2) is 56.6 Å². The molecule has 1 saturated heterocycles. The number of hydrogen-bond donors (Lipinski definition) is 0. The van der Waals surface area contributed by atoms with Crippen molar-refractivity contribution in [2.45, 2.75) is 50.1 Å². The number of aromatic nitrogens is 3. The molecule has 2 fully saturated rings. The van der Waals surface area contributed by atoms with E-state index in [1.54, 1.807) is 6.33 Å². The Kier molecular flexibility index (Phi) is 3.98. The summed E-state index contributed by atoms with van der Waals surface area (Å²) in [6.07, 6.45) is 4.38. The Morgan fingerprint density at radius 3 is 2.75 bits per heavy atom. The summed E-state index contributed by atoms with van der Waals surface area (Å²) in [6.45, 7) is 5.37. The summed E-state index contributed by atoms with van der Waals surface area (Å²) in [5, 5.41) is 8.91. The van der Waals surface area contributed by atoms with Gasteiger partial charge in [-0.1, -0.05) is 11.8 Å². The predicted octanol–water partition coefficient (Wildman–Crippen LogP) is 1.34. The molecule has 0 bridgehead atoms. The van der Waals surface area contributed by atoms with Crippen LogP contribution in [0.4, 0.5) is 0 Å². The van der Waals surface area contributed by atoms with Crippen molar-refractivity contribution >= 4 is 17.7 Å². The van der Waals surface area contributed by atoms with Gasteiger partial charge < -0.3 is 14.2 Å². The van der Waals surface area contributed by atoms with Crippen molar-refractivity contribution < 1.29 is 9.53 Å². The predicted molar refractivity (Wildman–Crippen MR) is 75.6 cm³/mol. The Morgan fingerprint density at radius 2 is 2.10 bits per heavy atom. The highest BCUT2D eigenvalue weighted by molar-refractivity contribution is 7.99. The average Bonchev–Trinajstić information content (AvgIpc) is 3.14. The second-order valence-corrected chi connectivity index (χ2v) is 6.54. The third-order valence-electron chi connectivity index (χ3n) is 3.58. The molecule has 1 amide bonds. The van der Waals surface area contributed by atoms with E-state index in [1.807, 2.05) is 18.7 Å². The van der Waals surface area contributed by atoms with Crippen LogP contribution in [0, 0.1) is 0 Å². The van der Waals surface area contributed by atoms with Crippen LogP contribution in [0.3, 0.4) is 0 Å². The highest BCUT2D eigenvalue weighted by Crippen LogP contribution is 2.37. The Labute approximate surface area is 122 Å². The van der Waals surface area contributed by atoms with Crippen LogP contribution in [0.15, 0.2) is 11.5 Å². The van der Waals surface area contributed by atoms with Crippen LogP contribution < -0.4 is 0 Å². The Bertz CT molecular complexity index is 478. The van der Waals surface area contributed by atoms with Gasteiger partial charge in [-0.3, -0.25) is 4.79 Å². The molecule has 1 aromatic heterocycles. The number of carbonyl (C=O) groups excluding carboxylic acids is 1. The lowest BCUT2D eigenvalue weighted by Crippen LogP contribution is -2.48. The van der Waals surface area contributed by atoms with E-state index in [0.717, 1.165) is 5.16 Å². The molecule has 6 nitrogen and oxygen atoms in total. The molecule has 1 aliphatic heterocycles. The maximum Gasteiger partial charge on any atom is 0.233 e. The molecule has 0 aromatic carbocycles. The SMILES string of the molecule is CC1CN(C(=O)CSc2nncn2C2CC2)CC(C)O1. The minimum absolute atomic E-state index is 0.114. The summed E-state index contributed by atoms with van der Waals surface area (Å²) in [7, 11) is 0. The fourth-order valence-corrected chi connectivity index (χ4v) is 3.42. The van der Waals surface area contributed by atoms with Crippen molar-refractivity contribution in [1.82, 2.24) is 19.7 Å². The maximum absolute atomic E-state index is 12.3. The van der Waals surface area contributed by atoms with Gasteiger partial charge in [-0.05, 0) is 26.7 Å². The van der Waals surface area contributed by atoms with Gasteiger partial charge in [-0.15, -0.1) is 10.2 Å². The summed E-state index contributed by atoms with van der Waals surface area (Å²) >= 11 is 1.48. The molecule has 2 atom stereocenters. The normalized spacial score (nSPS) is 26.8. The van der Waals surface area contributed by atoms with E-state index >= 15 is 0 Å². The quantitative estimate of drug-likeness (QED) is 0.785. The van der Waals surface area contributed by atoms with Gasteiger partial charge in [0.25, 0.3) is 0 Å². The molecule has 0 radical (unpaired) electrons. The molecule has 2 aliphatic rings. The molecular weight excluding hydrogens is 276 g/mol. The molecular formula is C13H20N4O2S. The van der Waals surface area contributed by atoms with Crippen LogP contribution in [0.5, 0.6) is 0 Å². The summed E-state index contributed by atoms with van der Waals surface area (Å²) < 4.78 is 7.73. The van der Waals surface area contributed by atoms with Gasteiger partial charge >= 0.3 is 0 Å². The first-order chi connectivity index (χ1) is 9.63. The second-order valence-electron chi connectivity index (χ2n) is 5.60. The number of nitrogens with zero attached hydrogens (tertiary/aromatic N) is 4. The molecule has 1 saturated carbocycles. The van der Waals surface area contributed by atoms with Crippen LogP contribution in [-0.2, 0) is 9.53 Å².